The van der Waals surface area contributed by atoms with Crippen LogP contribution in [0.5, 0.6) is 0 Å². The van der Waals surface area contributed by atoms with Gasteiger partial charge in [0, 0.05) is 37.1 Å². The molecule has 2 amide bonds. The Bertz CT molecular complexity index is 771. The summed E-state index contributed by atoms with van der Waals surface area (Å²) in [6, 6.07) is 7.57. The lowest BCUT2D eigenvalue weighted by atomic mass is 10.1. The molecule has 1 aromatic carbocycles. The lowest BCUT2D eigenvalue weighted by molar-refractivity contribution is -0.137. The Morgan fingerprint density at radius 2 is 1.78 bits per heavy atom. The van der Waals surface area contributed by atoms with Crippen molar-refractivity contribution in [3.05, 3.63) is 53.7 Å². The van der Waals surface area contributed by atoms with E-state index in [2.05, 4.69) is 20.5 Å². The fraction of sp³-hybridized carbons (Fsp3) is 0.368. The van der Waals surface area contributed by atoms with Crippen LogP contribution < -0.4 is 15.5 Å². The van der Waals surface area contributed by atoms with Gasteiger partial charge in [0.2, 0.25) is 0 Å². The minimum atomic E-state index is -4.40. The van der Waals surface area contributed by atoms with Crippen molar-refractivity contribution in [3.63, 3.8) is 0 Å². The van der Waals surface area contributed by atoms with E-state index in [1.807, 2.05) is 12.1 Å². The number of rotatable bonds is 4. The van der Waals surface area contributed by atoms with Crippen molar-refractivity contribution in [2.24, 2.45) is 0 Å². The number of aromatic nitrogens is 1. The molecule has 0 radical (unpaired) electrons. The number of urea groups is 1. The fourth-order valence-corrected chi connectivity index (χ4v) is 3.05. The van der Waals surface area contributed by atoms with Crippen LogP contribution in [0.15, 0.2) is 42.6 Å². The number of nitrogens with zero attached hydrogens (tertiary/aromatic N) is 2. The molecule has 0 bridgehead atoms. The number of alkyl halides is 3. The summed E-state index contributed by atoms with van der Waals surface area (Å²) in [5, 5.41) is 5.27. The molecule has 0 saturated carbocycles. The van der Waals surface area contributed by atoms with Gasteiger partial charge in [-0.15, -0.1) is 0 Å². The minimum Gasteiger partial charge on any atom is -0.356 e. The average molecular weight is 378 g/mol. The van der Waals surface area contributed by atoms with Crippen LogP contribution in [0.2, 0.25) is 0 Å². The molecule has 5 nitrogen and oxygen atoms in total. The molecule has 8 heteroatoms. The van der Waals surface area contributed by atoms with E-state index in [1.165, 1.54) is 18.6 Å². The number of piperidine rings is 1. The third kappa shape index (κ3) is 5.12. The van der Waals surface area contributed by atoms with E-state index in [9.17, 15) is 18.0 Å². The van der Waals surface area contributed by atoms with E-state index >= 15 is 0 Å². The number of hydrogen-bond acceptors (Lipinski definition) is 3. The smallest absolute Gasteiger partial charge is 0.356 e. The number of hydrogen-bond donors (Lipinski definition) is 2. The van der Waals surface area contributed by atoms with Gasteiger partial charge in [0.05, 0.1) is 5.56 Å². The Morgan fingerprint density at radius 1 is 1.07 bits per heavy atom. The zero-order valence-electron chi connectivity index (χ0n) is 14.7. The van der Waals surface area contributed by atoms with Crippen LogP contribution in [-0.2, 0) is 12.7 Å². The van der Waals surface area contributed by atoms with Gasteiger partial charge in [-0.25, -0.2) is 9.78 Å². The topological polar surface area (TPSA) is 57.3 Å². The molecule has 2 aromatic rings. The van der Waals surface area contributed by atoms with Crippen LogP contribution in [-0.4, -0.2) is 24.1 Å². The number of carbonyl (C=O) groups is 1. The number of amides is 2. The quantitative estimate of drug-likeness (QED) is 0.828. The first-order valence-electron chi connectivity index (χ1n) is 8.84. The zero-order chi connectivity index (χ0) is 19.3. The van der Waals surface area contributed by atoms with Gasteiger partial charge in [0.1, 0.15) is 5.82 Å². The van der Waals surface area contributed by atoms with Gasteiger partial charge in [-0.3, -0.25) is 0 Å². The minimum absolute atomic E-state index is 0.284. The molecule has 144 valence electrons. The van der Waals surface area contributed by atoms with Crippen LogP contribution >= 0.6 is 0 Å². The Labute approximate surface area is 155 Å². The second-order valence-corrected chi connectivity index (χ2v) is 6.42. The molecule has 1 aliphatic rings. The first-order chi connectivity index (χ1) is 12.9. The number of halogens is 3. The maximum atomic E-state index is 12.6. The molecule has 1 fully saturated rings. The first kappa shape index (κ1) is 19.0. The Morgan fingerprint density at radius 3 is 2.44 bits per heavy atom. The summed E-state index contributed by atoms with van der Waals surface area (Å²) in [6.07, 6.45) is 0.795. The zero-order valence-corrected chi connectivity index (χ0v) is 14.7. The van der Waals surface area contributed by atoms with E-state index in [-0.39, 0.29) is 6.54 Å². The van der Waals surface area contributed by atoms with Gasteiger partial charge in [-0.1, -0.05) is 6.07 Å². The molecule has 0 aliphatic carbocycles. The number of pyridine rings is 1. The summed E-state index contributed by atoms with van der Waals surface area (Å²) in [5.41, 5.74) is 0.444. The molecule has 0 atom stereocenters. The Balaban J connectivity index is 1.58. The highest BCUT2D eigenvalue weighted by Crippen LogP contribution is 2.29. The lowest BCUT2D eigenvalue weighted by Gasteiger charge is -2.29. The van der Waals surface area contributed by atoms with Gasteiger partial charge in [-0.2, -0.15) is 13.2 Å². The summed E-state index contributed by atoms with van der Waals surface area (Å²) in [7, 11) is 0. The van der Waals surface area contributed by atoms with Crippen LogP contribution in [0.1, 0.15) is 30.4 Å². The first-order valence-corrected chi connectivity index (χ1v) is 8.84. The predicted octanol–water partition coefficient (Wildman–Crippen LogP) is 4.41. The van der Waals surface area contributed by atoms with Crippen molar-refractivity contribution in [2.75, 3.05) is 23.3 Å². The van der Waals surface area contributed by atoms with Gasteiger partial charge in [0.25, 0.3) is 0 Å². The van der Waals surface area contributed by atoms with Crippen molar-refractivity contribution < 1.29 is 18.0 Å². The van der Waals surface area contributed by atoms with Crippen LogP contribution in [0, 0.1) is 0 Å². The van der Waals surface area contributed by atoms with Crippen LogP contribution in [0.4, 0.5) is 29.5 Å². The second kappa shape index (κ2) is 8.28. The van der Waals surface area contributed by atoms with Crippen molar-refractivity contribution in [3.8, 4) is 0 Å². The highest BCUT2D eigenvalue weighted by molar-refractivity contribution is 5.89. The molecule has 3 rings (SSSR count). The molecular formula is C19H21F3N4O. The number of anilines is 2. The molecule has 0 spiro atoms. The van der Waals surface area contributed by atoms with Crippen LogP contribution in [0.3, 0.4) is 0 Å². The van der Waals surface area contributed by atoms with Gasteiger partial charge >= 0.3 is 12.2 Å². The van der Waals surface area contributed by atoms with Crippen LogP contribution in [0.25, 0.3) is 0 Å². The molecular weight excluding hydrogens is 357 g/mol. The van der Waals surface area contributed by atoms with Crippen molar-refractivity contribution in [2.45, 2.75) is 32.0 Å². The maximum absolute atomic E-state index is 12.6. The molecule has 27 heavy (non-hydrogen) atoms. The number of carbonyl (C=O) groups excluding carboxylic acids is 1. The fourth-order valence-electron chi connectivity index (χ4n) is 3.05. The van der Waals surface area contributed by atoms with Crippen molar-refractivity contribution in [1.29, 1.82) is 0 Å². The van der Waals surface area contributed by atoms with Gasteiger partial charge < -0.3 is 15.5 Å². The summed E-state index contributed by atoms with van der Waals surface area (Å²) in [5.74, 6) is 0.868. The highest BCUT2D eigenvalue weighted by atomic mass is 19.4. The van der Waals surface area contributed by atoms with E-state index in [1.54, 1.807) is 6.20 Å². The van der Waals surface area contributed by atoms with E-state index < -0.39 is 17.8 Å². The molecule has 1 aliphatic heterocycles. The third-order valence-electron chi connectivity index (χ3n) is 4.43. The standard InChI is InChI=1S/C19H21F3N4O/c20-19(21,22)15-6-8-16(9-7-15)25-18(27)24-13-14-5-4-10-23-17(14)26-11-2-1-3-12-26/h4-10H,1-3,11-13H2,(H2,24,25,27). The van der Waals surface area contributed by atoms with Gasteiger partial charge in [-0.05, 0) is 49.6 Å². The van der Waals surface area contributed by atoms with Crippen molar-refractivity contribution in [1.82, 2.24) is 10.3 Å². The van der Waals surface area contributed by atoms with Gasteiger partial charge in [0.15, 0.2) is 0 Å². The molecule has 1 aromatic heterocycles. The monoisotopic (exact) mass is 378 g/mol. The van der Waals surface area contributed by atoms with E-state index in [0.29, 0.717) is 5.69 Å². The SMILES string of the molecule is O=C(NCc1cccnc1N1CCCCC1)Nc1ccc(C(F)(F)F)cc1. The summed E-state index contributed by atoms with van der Waals surface area (Å²) in [4.78, 5) is 18.7. The Hall–Kier alpha value is -2.77. The summed E-state index contributed by atoms with van der Waals surface area (Å²) < 4.78 is 37.7. The maximum Gasteiger partial charge on any atom is 0.416 e. The predicted molar refractivity (Wildman–Crippen MR) is 97.6 cm³/mol. The highest BCUT2D eigenvalue weighted by Gasteiger charge is 2.30. The normalized spacial score (nSPS) is 14.7. The molecule has 0 unspecified atom stereocenters. The number of benzene rings is 1. The van der Waals surface area contributed by atoms with E-state index in [0.717, 1.165) is 49.4 Å². The molecule has 2 N–H and O–H groups in total. The summed E-state index contributed by atoms with van der Waals surface area (Å²) >= 11 is 0. The van der Waals surface area contributed by atoms with E-state index in [4.69, 9.17) is 0 Å². The Kier molecular flexibility index (Phi) is 5.83. The number of nitrogens with one attached hydrogen (secondary N) is 2. The van der Waals surface area contributed by atoms with Crippen molar-refractivity contribution >= 4 is 17.5 Å². The molecule has 1 saturated heterocycles. The largest absolute Gasteiger partial charge is 0.416 e. The second-order valence-electron chi connectivity index (χ2n) is 6.42. The summed E-state index contributed by atoms with van der Waals surface area (Å²) in [6.45, 7) is 2.18. The lowest BCUT2D eigenvalue weighted by Crippen LogP contribution is -2.33. The third-order valence-corrected chi connectivity index (χ3v) is 4.43. The average Bonchev–Trinajstić information content (AvgIpc) is 2.67. The molecule has 2 heterocycles.